The van der Waals surface area contributed by atoms with E-state index in [-0.39, 0.29) is 5.91 Å². The van der Waals surface area contributed by atoms with Gasteiger partial charge in [0.2, 0.25) is 11.0 Å². The molecule has 1 amide bonds. The van der Waals surface area contributed by atoms with Gasteiger partial charge in [-0.25, -0.2) is 0 Å². The molecule has 0 saturated heterocycles. The molecule has 1 aromatic heterocycles. The van der Waals surface area contributed by atoms with Gasteiger partial charge in [0.25, 0.3) is 0 Å². The Bertz CT molecular complexity index is 566. The third-order valence-corrected chi connectivity index (χ3v) is 3.53. The molecule has 0 radical (unpaired) electrons. The van der Waals surface area contributed by atoms with Gasteiger partial charge in [-0.1, -0.05) is 41.9 Å². The molecule has 0 atom stereocenters. The lowest BCUT2D eigenvalue weighted by atomic mass is 10.1. The standard InChI is InChI=1S/C13H14BrN3OS/c1-8(2)7-11(18)15-13-16-12(17-19-13)9-3-5-10(14)6-4-9/h3-6,8H,7H2,1-2H3,(H,15,16,17,18). The lowest BCUT2D eigenvalue weighted by Gasteiger charge is -2.02. The minimum Gasteiger partial charge on any atom is -0.301 e. The van der Waals surface area contributed by atoms with Crippen molar-refractivity contribution in [2.45, 2.75) is 20.3 Å². The van der Waals surface area contributed by atoms with Gasteiger partial charge < -0.3 is 5.32 Å². The van der Waals surface area contributed by atoms with Gasteiger partial charge in [0, 0.05) is 28.0 Å². The van der Waals surface area contributed by atoms with E-state index >= 15 is 0 Å². The van der Waals surface area contributed by atoms with Crippen LogP contribution in [0.25, 0.3) is 11.4 Å². The van der Waals surface area contributed by atoms with Crippen LogP contribution in [0.1, 0.15) is 20.3 Å². The fourth-order valence-electron chi connectivity index (χ4n) is 1.53. The van der Waals surface area contributed by atoms with Gasteiger partial charge >= 0.3 is 0 Å². The number of aromatic nitrogens is 2. The molecule has 0 saturated carbocycles. The van der Waals surface area contributed by atoms with Crippen molar-refractivity contribution >= 4 is 38.5 Å². The second-order valence-electron chi connectivity index (χ2n) is 4.58. The molecular formula is C13H14BrN3OS. The first-order valence-corrected chi connectivity index (χ1v) is 7.50. The predicted molar refractivity (Wildman–Crippen MR) is 81.1 cm³/mol. The van der Waals surface area contributed by atoms with Crippen molar-refractivity contribution in [2.24, 2.45) is 5.92 Å². The lowest BCUT2D eigenvalue weighted by Crippen LogP contribution is -2.13. The molecule has 0 aliphatic carbocycles. The Hall–Kier alpha value is -1.27. The van der Waals surface area contributed by atoms with Crippen molar-refractivity contribution in [1.29, 1.82) is 0 Å². The topological polar surface area (TPSA) is 54.9 Å². The van der Waals surface area contributed by atoms with Crippen LogP contribution >= 0.6 is 27.5 Å². The highest BCUT2D eigenvalue weighted by atomic mass is 79.9. The summed E-state index contributed by atoms with van der Waals surface area (Å²) in [6.45, 7) is 4.01. The minimum absolute atomic E-state index is 0.0199. The molecular weight excluding hydrogens is 326 g/mol. The SMILES string of the molecule is CC(C)CC(=O)Nc1nc(-c2ccc(Br)cc2)ns1. The summed E-state index contributed by atoms with van der Waals surface area (Å²) in [6, 6.07) is 7.75. The number of nitrogens with zero attached hydrogens (tertiary/aromatic N) is 2. The average molecular weight is 340 g/mol. The molecule has 1 N–H and O–H groups in total. The highest BCUT2D eigenvalue weighted by Gasteiger charge is 2.10. The summed E-state index contributed by atoms with van der Waals surface area (Å²) in [7, 11) is 0. The minimum atomic E-state index is -0.0199. The van der Waals surface area contributed by atoms with Crippen molar-refractivity contribution in [3.8, 4) is 11.4 Å². The molecule has 1 aromatic carbocycles. The number of hydrogen-bond acceptors (Lipinski definition) is 4. The van der Waals surface area contributed by atoms with Crippen molar-refractivity contribution in [3.05, 3.63) is 28.7 Å². The molecule has 19 heavy (non-hydrogen) atoms. The number of carbonyl (C=O) groups is 1. The van der Waals surface area contributed by atoms with Gasteiger partial charge in [0.1, 0.15) is 0 Å². The molecule has 2 rings (SSSR count). The first-order valence-electron chi connectivity index (χ1n) is 5.94. The van der Waals surface area contributed by atoms with Crippen LogP contribution in [-0.2, 0) is 4.79 Å². The summed E-state index contributed by atoms with van der Waals surface area (Å²) in [4.78, 5) is 16.0. The monoisotopic (exact) mass is 339 g/mol. The Morgan fingerprint density at radius 1 is 1.37 bits per heavy atom. The van der Waals surface area contributed by atoms with E-state index in [2.05, 4.69) is 30.6 Å². The van der Waals surface area contributed by atoms with E-state index < -0.39 is 0 Å². The smallest absolute Gasteiger partial charge is 0.226 e. The summed E-state index contributed by atoms with van der Waals surface area (Å²) < 4.78 is 5.26. The van der Waals surface area contributed by atoms with E-state index in [9.17, 15) is 4.79 Å². The quantitative estimate of drug-likeness (QED) is 0.917. The van der Waals surface area contributed by atoms with Crippen LogP contribution in [0.15, 0.2) is 28.7 Å². The van der Waals surface area contributed by atoms with Gasteiger partial charge in [-0.3, -0.25) is 4.79 Å². The molecule has 0 unspecified atom stereocenters. The summed E-state index contributed by atoms with van der Waals surface area (Å²) in [5.74, 6) is 0.949. The number of anilines is 1. The summed E-state index contributed by atoms with van der Waals surface area (Å²) >= 11 is 4.58. The summed E-state index contributed by atoms with van der Waals surface area (Å²) in [5, 5.41) is 3.32. The van der Waals surface area contributed by atoms with Crippen molar-refractivity contribution in [1.82, 2.24) is 9.36 Å². The van der Waals surface area contributed by atoms with Crippen molar-refractivity contribution in [2.75, 3.05) is 5.32 Å². The third-order valence-electron chi connectivity index (χ3n) is 2.37. The Kier molecular flexibility index (Phi) is 4.66. The van der Waals surface area contributed by atoms with E-state index in [4.69, 9.17) is 0 Å². The van der Waals surface area contributed by atoms with Crippen LogP contribution in [0.3, 0.4) is 0 Å². The van der Waals surface area contributed by atoms with E-state index in [0.29, 0.717) is 23.3 Å². The highest BCUT2D eigenvalue weighted by Crippen LogP contribution is 2.23. The molecule has 1 heterocycles. The van der Waals surface area contributed by atoms with E-state index in [0.717, 1.165) is 10.0 Å². The van der Waals surface area contributed by atoms with Gasteiger partial charge in [-0.05, 0) is 18.1 Å². The van der Waals surface area contributed by atoms with Crippen molar-refractivity contribution < 1.29 is 4.79 Å². The van der Waals surface area contributed by atoms with Gasteiger partial charge in [-0.2, -0.15) is 9.36 Å². The average Bonchev–Trinajstić information content (AvgIpc) is 2.77. The maximum absolute atomic E-state index is 11.6. The molecule has 0 fully saturated rings. The maximum Gasteiger partial charge on any atom is 0.226 e. The molecule has 2 aromatic rings. The number of hydrogen-bond donors (Lipinski definition) is 1. The number of amides is 1. The normalized spacial score (nSPS) is 10.7. The molecule has 0 aliphatic heterocycles. The molecule has 0 bridgehead atoms. The molecule has 0 spiro atoms. The molecule has 4 nitrogen and oxygen atoms in total. The van der Waals surface area contributed by atoms with Crippen LogP contribution in [0, 0.1) is 5.92 Å². The van der Waals surface area contributed by atoms with Crippen LogP contribution < -0.4 is 5.32 Å². The summed E-state index contributed by atoms with van der Waals surface area (Å²) in [5.41, 5.74) is 0.934. The third kappa shape index (κ3) is 4.11. The zero-order chi connectivity index (χ0) is 13.8. The highest BCUT2D eigenvalue weighted by molar-refractivity contribution is 9.10. The Balaban J connectivity index is 2.07. The first-order chi connectivity index (χ1) is 9.04. The number of nitrogens with one attached hydrogen (secondary N) is 1. The maximum atomic E-state index is 11.6. The molecule has 6 heteroatoms. The van der Waals surface area contributed by atoms with Gasteiger partial charge in [0.05, 0.1) is 0 Å². The Morgan fingerprint density at radius 2 is 2.05 bits per heavy atom. The Labute approximate surface area is 124 Å². The van der Waals surface area contributed by atoms with Crippen LogP contribution in [-0.4, -0.2) is 15.3 Å². The van der Waals surface area contributed by atoms with Crippen molar-refractivity contribution in [3.63, 3.8) is 0 Å². The van der Waals surface area contributed by atoms with Crippen LogP contribution in [0.2, 0.25) is 0 Å². The largest absolute Gasteiger partial charge is 0.301 e. The zero-order valence-electron chi connectivity index (χ0n) is 10.7. The van der Waals surface area contributed by atoms with E-state index in [1.165, 1.54) is 11.5 Å². The second-order valence-corrected chi connectivity index (χ2v) is 6.24. The van der Waals surface area contributed by atoms with Gasteiger partial charge in [0.15, 0.2) is 5.82 Å². The first kappa shape index (κ1) is 14.1. The van der Waals surface area contributed by atoms with Gasteiger partial charge in [-0.15, -0.1) is 0 Å². The Morgan fingerprint density at radius 3 is 2.68 bits per heavy atom. The predicted octanol–water partition coefficient (Wildman–Crippen LogP) is 3.95. The number of benzene rings is 1. The lowest BCUT2D eigenvalue weighted by molar-refractivity contribution is -0.116. The number of halogens is 1. The molecule has 0 aliphatic rings. The van der Waals surface area contributed by atoms with E-state index in [1.54, 1.807) is 0 Å². The van der Waals surface area contributed by atoms with Crippen LogP contribution in [0.4, 0.5) is 5.13 Å². The fraction of sp³-hybridized carbons (Fsp3) is 0.308. The fourth-order valence-corrected chi connectivity index (χ4v) is 2.40. The van der Waals surface area contributed by atoms with Crippen LogP contribution in [0.5, 0.6) is 0 Å². The number of carbonyl (C=O) groups excluding carboxylic acids is 1. The number of rotatable bonds is 4. The second kappa shape index (κ2) is 6.25. The molecule has 100 valence electrons. The van der Waals surface area contributed by atoms with E-state index in [1.807, 2.05) is 38.1 Å². The zero-order valence-corrected chi connectivity index (χ0v) is 13.1. The summed E-state index contributed by atoms with van der Waals surface area (Å²) in [6.07, 6.45) is 0.493.